The summed E-state index contributed by atoms with van der Waals surface area (Å²) in [6.45, 7) is 0.594. The summed E-state index contributed by atoms with van der Waals surface area (Å²) >= 11 is 0. The summed E-state index contributed by atoms with van der Waals surface area (Å²) in [5, 5.41) is 7.42. The molecule has 0 bridgehead atoms. The lowest BCUT2D eigenvalue weighted by Crippen LogP contribution is -2.08. The smallest absolute Gasteiger partial charge is 0.248 e. The molecule has 3 aromatic heterocycles. The first kappa shape index (κ1) is 22.0. The Morgan fingerprint density at radius 3 is 2.66 bits per heavy atom. The maximum absolute atomic E-state index is 14.5. The number of hydrogen-bond donors (Lipinski definition) is 1. The Bertz CT molecular complexity index is 1460. The van der Waals surface area contributed by atoms with Crippen LogP contribution in [0.15, 0.2) is 104 Å². The summed E-state index contributed by atoms with van der Waals surface area (Å²) in [6, 6.07) is 18.3. The first-order valence-electron chi connectivity index (χ1n) is 10.9. The van der Waals surface area contributed by atoms with Gasteiger partial charge in [-0.15, -0.1) is 0 Å². The van der Waals surface area contributed by atoms with E-state index in [4.69, 9.17) is 5.10 Å². The molecule has 0 aliphatic rings. The fourth-order valence-electron chi connectivity index (χ4n) is 3.68. The number of hydrogen-bond acceptors (Lipinski definition) is 4. The molecular formula is C27H21FN6O. The van der Waals surface area contributed by atoms with E-state index in [1.807, 2.05) is 53.3 Å². The van der Waals surface area contributed by atoms with E-state index in [0.717, 1.165) is 16.7 Å². The lowest BCUT2D eigenvalue weighted by molar-refractivity contribution is -0.111. The Morgan fingerprint density at radius 2 is 1.91 bits per heavy atom. The molecule has 5 aromatic rings. The predicted octanol–water partition coefficient (Wildman–Crippen LogP) is 4.97. The number of aromatic nitrogens is 5. The molecule has 1 amide bonds. The molecule has 0 atom stereocenters. The second-order valence-electron chi connectivity index (χ2n) is 7.82. The molecular weight excluding hydrogens is 443 g/mol. The van der Waals surface area contributed by atoms with E-state index in [1.54, 1.807) is 47.6 Å². The van der Waals surface area contributed by atoms with Crippen LogP contribution in [0.2, 0.25) is 0 Å². The molecule has 172 valence electrons. The maximum Gasteiger partial charge on any atom is 0.248 e. The van der Waals surface area contributed by atoms with E-state index in [1.165, 1.54) is 18.5 Å². The van der Waals surface area contributed by atoms with Crippen molar-refractivity contribution in [2.45, 2.75) is 6.54 Å². The molecule has 0 fully saturated rings. The highest BCUT2D eigenvalue weighted by molar-refractivity contribution is 6.02. The summed E-state index contributed by atoms with van der Waals surface area (Å²) < 4.78 is 17.9. The molecule has 0 radical (unpaired) electrons. The highest BCUT2D eigenvalue weighted by Gasteiger charge is 2.11. The third-order valence-corrected chi connectivity index (χ3v) is 5.32. The number of pyridine rings is 1. The molecule has 3 heterocycles. The number of imidazole rings is 1. The van der Waals surface area contributed by atoms with Crippen molar-refractivity contribution < 1.29 is 9.18 Å². The standard InChI is InChI=1S/C27H21FN6O/c28-24-15-23(9-10-25(24)33-14-13-30-19-33)31-26(35)11-8-22-18-34(17-20-5-2-1-3-6-20)32-27(22)21-7-4-12-29-16-21/h1-16,18-19H,17H2,(H,31,35)/b11-8+. The zero-order valence-corrected chi connectivity index (χ0v) is 18.6. The van der Waals surface area contributed by atoms with Gasteiger partial charge in [-0.3, -0.25) is 14.5 Å². The summed E-state index contributed by atoms with van der Waals surface area (Å²) in [6.07, 6.45) is 13.2. The van der Waals surface area contributed by atoms with Gasteiger partial charge in [-0.05, 0) is 42.0 Å². The van der Waals surface area contributed by atoms with Crippen LogP contribution in [0, 0.1) is 5.82 Å². The molecule has 5 rings (SSSR count). The number of nitrogens with zero attached hydrogens (tertiary/aromatic N) is 5. The number of carbonyl (C=O) groups is 1. The molecule has 0 aliphatic heterocycles. The van der Waals surface area contributed by atoms with E-state index in [2.05, 4.69) is 15.3 Å². The van der Waals surface area contributed by atoms with Gasteiger partial charge >= 0.3 is 0 Å². The molecule has 0 spiro atoms. The SMILES string of the molecule is O=C(/C=C/c1cn(Cc2ccccc2)nc1-c1cccnc1)Nc1ccc(-n2ccnc2)c(F)c1. The highest BCUT2D eigenvalue weighted by Crippen LogP contribution is 2.23. The molecule has 2 aromatic carbocycles. The van der Waals surface area contributed by atoms with E-state index < -0.39 is 5.82 Å². The van der Waals surface area contributed by atoms with Crippen molar-refractivity contribution in [2.75, 3.05) is 5.32 Å². The largest absolute Gasteiger partial charge is 0.322 e. The normalized spacial score (nSPS) is 11.1. The Morgan fingerprint density at radius 1 is 1.03 bits per heavy atom. The van der Waals surface area contributed by atoms with Crippen molar-refractivity contribution in [3.05, 3.63) is 121 Å². The van der Waals surface area contributed by atoms with E-state index in [-0.39, 0.29) is 5.91 Å². The van der Waals surface area contributed by atoms with Crippen LogP contribution in [0.25, 0.3) is 23.0 Å². The predicted molar refractivity (Wildman–Crippen MR) is 132 cm³/mol. The summed E-state index contributed by atoms with van der Waals surface area (Å²) in [5.74, 6) is -0.849. The molecule has 35 heavy (non-hydrogen) atoms. The third-order valence-electron chi connectivity index (χ3n) is 5.32. The van der Waals surface area contributed by atoms with Crippen molar-refractivity contribution in [2.24, 2.45) is 0 Å². The lowest BCUT2D eigenvalue weighted by Gasteiger charge is -2.07. The van der Waals surface area contributed by atoms with E-state index in [0.29, 0.717) is 23.6 Å². The van der Waals surface area contributed by atoms with Crippen LogP contribution in [0.4, 0.5) is 10.1 Å². The van der Waals surface area contributed by atoms with Crippen molar-refractivity contribution in [3.8, 4) is 16.9 Å². The van der Waals surface area contributed by atoms with Crippen LogP contribution < -0.4 is 5.32 Å². The van der Waals surface area contributed by atoms with Gasteiger partial charge in [0.25, 0.3) is 0 Å². The molecule has 0 saturated heterocycles. The minimum atomic E-state index is -0.467. The van der Waals surface area contributed by atoms with Gasteiger partial charge in [0.1, 0.15) is 11.5 Å². The molecule has 0 saturated carbocycles. The number of anilines is 1. The number of nitrogens with one attached hydrogen (secondary N) is 1. The first-order valence-corrected chi connectivity index (χ1v) is 10.9. The Labute approximate surface area is 201 Å². The monoisotopic (exact) mass is 464 g/mol. The Kier molecular flexibility index (Phi) is 6.25. The highest BCUT2D eigenvalue weighted by atomic mass is 19.1. The number of rotatable bonds is 7. The maximum atomic E-state index is 14.5. The summed E-state index contributed by atoms with van der Waals surface area (Å²) in [7, 11) is 0. The van der Waals surface area contributed by atoms with Crippen LogP contribution in [0.3, 0.4) is 0 Å². The Balaban J connectivity index is 1.35. The van der Waals surface area contributed by atoms with Crippen molar-refractivity contribution >= 4 is 17.7 Å². The molecule has 0 aliphatic carbocycles. The minimum Gasteiger partial charge on any atom is -0.322 e. The van der Waals surface area contributed by atoms with Crippen LogP contribution >= 0.6 is 0 Å². The van der Waals surface area contributed by atoms with E-state index >= 15 is 0 Å². The second-order valence-corrected chi connectivity index (χ2v) is 7.82. The summed E-state index contributed by atoms with van der Waals surface area (Å²) in [5.41, 5.74) is 4.15. The topological polar surface area (TPSA) is 77.6 Å². The van der Waals surface area contributed by atoms with Gasteiger partial charge in [0, 0.05) is 53.9 Å². The van der Waals surface area contributed by atoms with Crippen LogP contribution in [0.1, 0.15) is 11.1 Å². The minimum absolute atomic E-state index is 0.350. The van der Waals surface area contributed by atoms with Crippen molar-refractivity contribution in [1.29, 1.82) is 0 Å². The zero-order chi connectivity index (χ0) is 24.0. The average molecular weight is 465 g/mol. The lowest BCUT2D eigenvalue weighted by atomic mass is 10.1. The quantitative estimate of drug-likeness (QED) is 0.345. The second kappa shape index (κ2) is 9.96. The summed E-state index contributed by atoms with van der Waals surface area (Å²) in [4.78, 5) is 20.7. The van der Waals surface area contributed by atoms with E-state index in [9.17, 15) is 9.18 Å². The molecule has 1 N–H and O–H groups in total. The van der Waals surface area contributed by atoms with Gasteiger partial charge in [0.05, 0.1) is 18.6 Å². The van der Waals surface area contributed by atoms with Crippen molar-refractivity contribution in [3.63, 3.8) is 0 Å². The van der Waals surface area contributed by atoms with Crippen LogP contribution in [-0.2, 0) is 11.3 Å². The van der Waals surface area contributed by atoms with Gasteiger partial charge < -0.3 is 9.88 Å². The first-order chi connectivity index (χ1) is 17.2. The fraction of sp³-hybridized carbons (Fsp3) is 0.0370. The molecule has 0 unspecified atom stereocenters. The number of halogens is 1. The number of carbonyl (C=O) groups excluding carboxylic acids is 1. The van der Waals surface area contributed by atoms with Crippen molar-refractivity contribution in [1.82, 2.24) is 24.3 Å². The average Bonchev–Trinajstić information content (AvgIpc) is 3.54. The third kappa shape index (κ3) is 5.22. The van der Waals surface area contributed by atoms with Gasteiger partial charge in [-0.2, -0.15) is 5.10 Å². The molecule has 7 nitrogen and oxygen atoms in total. The fourth-order valence-corrected chi connectivity index (χ4v) is 3.68. The van der Waals surface area contributed by atoms with Gasteiger partial charge in [-0.1, -0.05) is 30.3 Å². The van der Waals surface area contributed by atoms with Gasteiger partial charge in [0.2, 0.25) is 5.91 Å². The van der Waals surface area contributed by atoms with Gasteiger partial charge in [-0.25, -0.2) is 9.37 Å². The zero-order valence-electron chi connectivity index (χ0n) is 18.6. The number of amides is 1. The van der Waals surface area contributed by atoms with Crippen LogP contribution in [0.5, 0.6) is 0 Å². The van der Waals surface area contributed by atoms with Gasteiger partial charge in [0.15, 0.2) is 0 Å². The van der Waals surface area contributed by atoms with Crippen LogP contribution in [-0.4, -0.2) is 30.2 Å². The Hall–Kier alpha value is -4.85. The molecule has 8 heteroatoms. The number of benzene rings is 2.